The van der Waals surface area contributed by atoms with E-state index in [0.717, 1.165) is 27.6 Å². The van der Waals surface area contributed by atoms with E-state index in [0.29, 0.717) is 0 Å². The summed E-state index contributed by atoms with van der Waals surface area (Å²) in [5, 5.41) is 3.10. The summed E-state index contributed by atoms with van der Waals surface area (Å²) in [7, 11) is 1.69. The van der Waals surface area contributed by atoms with Crippen molar-refractivity contribution in [3.63, 3.8) is 0 Å². The maximum Gasteiger partial charge on any atom is 0.123 e. The fourth-order valence-corrected chi connectivity index (χ4v) is 2.23. The molecule has 2 rings (SSSR count). The zero-order valence-electron chi connectivity index (χ0n) is 9.07. The predicted molar refractivity (Wildman–Crippen MR) is 63.6 cm³/mol. The summed E-state index contributed by atoms with van der Waals surface area (Å²) < 4.78 is 5.29. The number of hydrogen-bond acceptors (Lipinski definition) is 3. The van der Waals surface area contributed by atoms with E-state index in [9.17, 15) is 0 Å². The van der Waals surface area contributed by atoms with E-state index in [2.05, 4.69) is 22.5 Å². The fraction of sp³-hybridized carbons (Fsp3) is 0.250. The normalized spacial score (nSPS) is 10.3. The van der Waals surface area contributed by atoms with E-state index in [4.69, 9.17) is 4.74 Å². The third-order valence-corrected chi connectivity index (χ3v) is 3.28. The molecule has 0 bridgehead atoms. The Morgan fingerprint density at radius 3 is 2.67 bits per heavy atom. The summed E-state index contributed by atoms with van der Waals surface area (Å²) in [6.45, 7) is 4.04. The van der Waals surface area contributed by atoms with E-state index in [1.165, 1.54) is 0 Å². The summed E-state index contributed by atoms with van der Waals surface area (Å²) >= 11 is 1.66. The summed E-state index contributed by atoms with van der Waals surface area (Å²) in [5.74, 6) is 0.917. The molecule has 0 aliphatic heterocycles. The molecule has 0 spiro atoms. The Morgan fingerprint density at radius 2 is 2.07 bits per heavy atom. The van der Waals surface area contributed by atoms with E-state index in [1.54, 1.807) is 18.4 Å². The molecule has 0 N–H and O–H groups in total. The lowest BCUT2D eigenvalue weighted by Gasteiger charge is -2.05. The number of aryl methyl sites for hydroxylation is 2. The van der Waals surface area contributed by atoms with Crippen molar-refractivity contribution in [2.75, 3.05) is 7.11 Å². The number of methoxy groups -OCH3 is 1. The van der Waals surface area contributed by atoms with Crippen molar-refractivity contribution in [1.82, 2.24) is 4.98 Å². The molecule has 2 nitrogen and oxygen atoms in total. The Balaban J connectivity index is 2.45. The highest BCUT2D eigenvalue weighted by atomic mass is 32.1. The van der Waals surface area contributed by atoms with Crippen LogP contribution in [0.1, 0.15) is 11.3 Å². The molecule has 0 atom stereocenters. The molecule has 3 heteroatoms. The van der Waals surface area contributed by atoms with E-state index in [1.807, 2.05) is 19.9 Å². The molecule has 0 saturated carbocycles. The average molecular weight is 219 g/mol. The molecule has 1 heterocycles. The first kappa shape index (κ1) is 10.2. The number of thiazole rings is 1. The molecule has 15 heavy (non-hydrogen) atoms. The van der Waals surface area contributed by atoms with Gasteiger partial charge in [-0.3, -0.25) is 0 Å². The third-order valence-electron chi connectivity index (χ3n) is 2.27. The number of hydrogen-bond donors (Lipinski definition) is 0. The Kier molecular flexibility index (Phi) is 2.73. The zero-order valence-corrected chi connectivity index (χ0v) is 9.89. The van der Waals surface area contributed by atoms with Crippen LogP contribution in [0.3, 0.4) is 0 Å². The molecule has 0 unspecified atom stereocenters. The zero-order chi connectivity index (χ0) is 10.8. The standard InChI is InChI=1S/C12H13NOS/c1-8-4-5-10(6-11(8)14-3)12-13-9(2)7-15-12/h4-7H,1-3H3. The molecule has 2 aromatic rings. The average Bonchev–Trinajstić information content (AvgIpc) is 2.66. The van der Waals surface area contributed by atoms with Gasteiger partial charge in [-0.15, -0.1) is 11.3 Å². The minimum Gasteiger partial charge on any atom is -0.496 e. The molecule has 0 fully saturated rings. The van der Waals surface area contributed by atoms with Crippen LogP contribution in [0.4, 0.5) is 0 Å². The van der Waals surface area contributed by atoms with Crippen molar-refractivity contribution in [2.45, 2.75) is 13.8 Å². The molecule has 1 aromatic carbocycles. The van der Waals surface area contributed by atoms with Crippen LogP contribution < -0.4 is 4.74 Å². The number of nitrogens with zero attached hydrogens (tertiary/aromatic N) is 1. The van der Waals surface area contributed by atoms with Crippen LogP contribution in [0, 0.1) is 13.8 Å². The second-order valence-corrected chi connectivity index (χ2v) is 4.34. The molecule has 0 saturated heterocycles. The first-order valence-corrected chi connectivity index (χ1v) is 5.66. The van der Waals surface area contributed by atoms with Gasteiger partial charge in [0.25, 0.3) is 0 Å². The van der Waals surface area contributed by atoms with Crippen LogP contribution in [0.15, 0.2) is 23.6 Å². The van der Waals surface area contributed by atoms with Crippen molar-refractivity contribution in [2.24, 2.45) is 0 Å². The number of aromatic nitrogens is 1. The molecule has 0 amide bonds. The monoisotopic (exact) mass is 219 g/mol. The largest absolute Gasteiger partial charge is 0.496 e. The first-order chi connectivity index (χ1) is 7.20. The van der Waals surface area contributed by atoms with Gasteiger partial charge in [-0.05, 0) is 25.5 Å². The van der Waals surface area contributed by atoms with Gasteiger partial charge < -0.3 is 4.74 Å². The summed E-state index contributed by atoms with van der Waals surface area (Å²) in [4.78, 5) is 4.45. The second-order valence-electron chi connectivity index (χ2n) is 3.48. The van der Waals surface area contributed by atoms with Crippen molar-refractivity contribution in [3.05, 3.63) is 34.8 Å². The Hall–Kier alpha value is -1.35. The molecule has 0 aliphatic rings. The van der Waals surface area contributed by atoms with Crippen LogP contribution >= 0.6 is 11.3 Å². The fourth-order valence-electron chi connectivity index (χ4n) is 1.44. The molecule has 0 radical (unpaired) electrons. The smallest absolute Gasteiger partial charge is 0.123 e. The Labute approximate surface area is 93.6 Å². The first-order valence-electron chi connectivity index (χ1n) is 4.78. The molecule has 0 aliphatic carbocycles. The number of ether oxygens (including phenoxy) is 1. The van der Waals surface area contributed by atoms with Crippen LogP contribution in [-0.4, -0.2) is 12.1 Å². The molecule has 1 aromatic heterocycles. The van der Waals surface area contributed by atoms with Crippen LogP contribution in [0.2, 0.25) is 0 Å². The minimum absolute atomic E-state index is 0.917. The van der Waals surface area contributed by atoms with Gasteiger partial charge >= 0.3 is 0 Å². The molecule has 78 valence electrons. The van der Waals surface area contributed by atoms with Crippen LogP contribution in [0.5, 0.6) is 5.75 Å². The second kappa shape index (κ2) is 4.03. The van der Waals surface area contributed by atoms with Gasteiger partial charge in [-0.1, -0.05) is 12.1 Å². The van der Waals surface area contributed by atoms with E-state index in [-0.39, 0.29) is 0 Å². The van der Waals surface area contributed by atoms with Crippen molar-refractivity contribution < 1.29 is 4.74 Å². The summed E-state index contributed by atoms with van der Waals surface area (Å²) in [5.41, 5.74) is 3.33. The lowest BCUT2D eigenvalue weighted by Crippen LogP contribution is -1.87. The van der Waals surface area contributed by atoms with Crippen molar-refractivity contribution in [1.29, 1.82) is 0 Å². The maximum atomic E-state index is 5.29. The van der Waals surface area contributed by atoms with Gasteiger partial charge in [0, 0.05) is 16.6 Å². The SMILES string of the molecule is COc1cc(-c2nc(C)cs2)ccc1C. The Bertz CT molecular complexity index is 476. The van der Waals surface area contributed by atoms with Gasteiger partial charge in [0.2, 0.25) is 0 Å². The van der Waals surface area contributed by atoms with Crippen LogP contribution in [0.25, 0.3) is 10.6 Å². The predicted octanol–water partition coefficient (Wildman–Crippen LogP) is 3.44. The van der Waals surface area contributed by atoms with Crippen molar-refractivity contribution >= 4 is 11.3 Å². The van der Waals surface area contributed by atoms with Crippen molar-refractivity contribution in [3.8, 4) is 16.3 Å². The van der Waals surface area contributed by atoms with Gasteiger partial charge in [-0.2, -0.15) is 0 Å². The number of benzene rings is 1. The number of rotatable bonds is 2. The van der Waals surface area contributed by atoms with E-state index >= 15 is 0 Å². The minimum atomic E-state index is 0.917. The molecular formula is C12H13NOS. The van der Waals surface area contributed by atoms with Gasteiger partial charge in [0.1, 0.15) is 10.8 Å². The lowest BCUT2D eigenvalue weighted by molar-refractivity contribution is 0.412. The highest BCUT2D eigenvalue weighted by molar-refractivity contribution is 7.13. The highest BCUT2D eigenvalue weighted by Crippen LogP contribution is 2.28. The van der Waals surface area contributed by atoms with Gasteiger partial charge in [0.05, 0.1) is 7.11 Å². The van der Waals surface area contributed by atoms with Gasteiger partial charge in [0.15, 0.2) is 0 Å². The quantitative estimate of drug-likeness (QED) is 0.772. The molecular weight excluding hydrogens is 206 g/mol. The topological polar surface area (TPSA) is 22.1 Å². The highest BCUT2D eigenvalue weighted by Gasteiger charge is 2.05. The van der Waals surface area contributed by atoms with Gasteiger partial charge in [-0.25, -0.2) is 4.98 Å². The van der Waals surface area contributed by atoms with E-state index < -0.39 is 0 Å². The maximum absolute atomic E-state index is 5.29. The summed E-state index contributed by atoms with van der Waals surface area (Å²) in [6.07, 6.45) is 0. The summed E-state index contributed by atoms with van der Waals surface area (Å²) in [6, 6.07) is 6.18. The third kappa shape index (κ3) is 2.02. The van der Waals surface area contributed by atoms with Crippen LogP contribution in [-0.2, 0) is 0 Å². The lowest BCUT2D eigenvalue weighted by atomic mass is 10.1. The Morgan fingerprint density at radius 1 is 1.27 bits per heavy atom.